The first-order valence-electron chi connectivity index (χ1n) is 8.64. The van der Waals surface area contributed by atoms with Crippen LogP contribution in [0.5, 0.6) is 0 Å². The monoisotopic (exact) mass is 430 g/mol. The molecule has 12 heteroatoms. The van der Waals surface area contributed by atoms with Gasteiger partial charge in [0.15, 0.2) is 11.0 Å². The van der Waals surface area contributed by atoms with E-state index < -0.39 is 18.6 Å². The fourth-order valence-electron chi connectivity index (χ4n) is 2.46. The Bertz CT molecular complexity index is 1030. The summed E-state index contributed by atoms with van der Waals surface area (Å²) in [6.45, 7) is -0.477. The summed E-state index contributed by atoms with van der Waals surface area (Å²) in [5, 5.41) is 39.3. The van der Waals surface area contributed by atoms with Crippen molar-refractivity contribution in [2.45, 2.75) is 11.7 Å². The number of amides is 1. The molecule has 0 atom stereocenters. The van der Waals surface area contributed by atoms with Gasteiger partial charge in [0.25, 0.3) is 5.91 Å². The van der Waals surface area contributed by atoms with Crippen molar-refractivity contribution in [1.29, 1.82) is 0 Å². The molecule has 1 amide bonds. The minimum Gasteiger partial charge on any atom is -0.481 e. The second-order valence-corrected chi connectivity index (χ2v) is 6.94. The molecule has 2 aromatic heterocycles. The summed E-state index contributed by atoms with van der Waals surface area (Å²) in [5.41, 5.74) is 1.46. The lowest BCUT2D eigenvalue weighted by atomic mass is 10.1. The Balaban J connectivity index is 1.84. The molecule has 0 bridgehead atoms. The molecule has 1 aromatic carbocycles. The van der Waals surface area contributed by atoms with Crippen LogP contribution >= 0.6 is 11.8 Å². The van der Waals surface area contributed by atoms with E-state index in [0.29, 0.717) is 21.5 Å². The molecule has 30 heavy (non-hydrogen) atoms. The third-order valence-corrected chi connectivity index (χ3v) is 4.69. The normalized spacial score (nSPS) is 10.6. The summed E-state index contributed by atoms with van der Waals surface area (Å²) in [6, 6.07) is 9.79. The van der Waals surface area contributed by atoms with Crippen molar-refractivity contribution in [3.05, 3.63) is 53.9 Å². The van der Waals surface area contributed by atoms with Crippen molar-refractivity contribution in [2.75, 3.05) is 17.5 Å². The average molecular weight is 430 g/mol. The number of nitrogens with one attached hydrogen (secondary N) is 2. The molecule has 0 spiro atoms. The zero-order valence-electron chi connectivity index (χ0n) is 15.5. The predicted octanol–water partition coefficient (Wildman–Crippen LogP) is 1.12. The number of aromatic nitrogens is 4. The number of nitrogens with zero attached hydrogens (tertiary/aromatic N) is 4. The van der Waals surface area contributed by atoms with E-state index in [1.54, 1.807) is 18.3 Å². The smallest absolute Gasteiger partial charge is 0.313 e. The third kappa shape index (κ3) is 5.53. The number of carboxylic acid groups (broad SMARTS) is 1. The van der Waals surface area contributed by atoms with Gasteiger partial charge in [-0.05, 0) is 30.3 Å². The van der Waals surface area contributed by atoms with Crippen molar-refractivity contribution in [3.8, 4) is 11.4 Å². The molecule has 0 aliphatic rings. The first kappa shape index (κ1) is 21.2. The van der Waals surface area contributed by atoms with E-state index in [-0.39, 0.29) is 29.4 Å². The van der Waals surface area contributed by atoms with Crippen molar-refractivity contribution in [2.24, 2.45) is 0 Å². The van der Waals surface area contributed by atoms with Crippen LogP contribution in [0.3, 0.4) is 0 Å². The van der Waals surface area contributed by atoms with Crippen molar-refractivity contribution in [3.63, 3.8) is 0 Å². The van der Waals surface area contributed by atoms with Crippen molar-refractivity contribution >= 4 is 29.3 Å². The first-order chi connectivity index (χ1) is 14.5. The van der Waals surface area contributed by atoms with Crippen LogP contribution in [-0.2, 0) is 11.3 Å². The second kappa shape index (κ2) is 9.82. The number of thioether (sulfide) groups is 1. The van der Waals surface area contributed by atoms with Gasteiger partial charge < -0.3 is 20.5 Å². The number of hydroxylamine groups is 1. The minimum atomic E-state index is -0.995. The molecule has 0 fully saturated rings. The number of aliphatic hydroxyl groups excluding tert-OH is 1. The van der Waals surface area contributed by atoms with Crippen LogP contribution in [0.1, 0.15) is 16.1 Å². The highest BCUT2D eigenvalue weighted by Gasteiger charge is 2.15. The maximum Gasteiger partial charge on any atom is 0.313 e. The number of hydrogen-bond acceptors (Lipinski definition) is 9. The first-order valence-corrected chi connectivity index (χ1v) is 9.63. The number of carboxylic acids is 1. The molecule has 3 aromatic rings. The van der Waals surface area contributed by atoms with Gasteiger partial charge in [0.05, 0.1) is 23.7 Å². The lowest BCUT2D eigenvalue weighted by Gasteiger charge is -2.16. The number of H-pyrrole nitrogens is 1. The highest BCUT2D eigenvalue weighted by atomic mass is 32.2. The van der Waals surface area contributed by atoms with E-state index in [2.05, 4.69) is 25.5 Å². The summed E-state index contributed by atoms with van der Waals surface area (Å²) in [5.74, 6) is -1.33. The van der Waals surface area contributed by atoms with Gasteiger partial charge >= 0.3 is 5.97 Å². The second-order valence-electron chi connectivity index (χ2n) is 5.97. The molecule has 2 heterocycles. The van der Waals surface area contributed by atoms with Gasteiger partial charge in [-0.15, -0.1) is 10.2 Å². The summed E-state index contributed by atoms with van der Waals surface area (Å²) < 4.78 is 0. The Morgan fingerprint density at radius 3 is 2.73 bits per heavy atom. The highest BCUT2D eigenvalue weighted by Crippen LogP contribution is 2.26. The van der Waals surface area contributed by atoms with Crippen LogP contribution in [0.2, 0.25) is 0 Å². The fourth-order valence-corrected chi connectivity index (χ4v) is 2.98. The summed E-state index contributed by atoms with van der Waals surface area (Å²) in [4.78, 5) is 30.3. The van der Waals surface area contributed by atoms with Crippen LogP contribution in [-0.4, -0.2) is 59.9 Å². The number of carbonyl (C=O) groups is 2. The molecule has 0 saturated heterocycles. The van der Waals surface area contributed by atoms with Gasteiger partial charge in [-0.25, -0.2) is 5.06 Å². The number of pyridine rings is 1. The lowest BCUT2D eigenvalue weighted by molar-refractivity contribution is -0.133. The largest absolute Gasteiger partial charge is 0.481 e. The Morgan fingerprint density at radius 2 is 2.03 bits per heavy atom. The van der Waals surface area contributed by atoms with Crippen molar-refractivity contribution in [1.82, 2.24) is 25.5 Å². The molecule has 11 nitrogen and oxygen atoms in total. The number of aliphatic hydroxyl groups is 1. The van der Waals surface area contributed by atoms with Gasteiger partial charge in [-0.3, -0.25) is 19.8 Å². The fraction of sp³-hybridized carbons (Fsp3) is 0.167. The van der Waals surface area contributed by atoms with Crippen molar-refractivity contribution < 1.29 is 25.0 Å². The molecule has 0 radical (unpaired) electrons. The van der Waals surface area contributed by atoms with E-state index in [1.807, 2.05) is 6.07 Å². The predicted molar refractivity (Wildman–Crippen MR) is 107 cm³/mol. The Labute approximate surface area is 174 Å². The Morgan fingerprint density at radius 1 is 1.20 bits per heavy atom. The Kier molecular flexibility index (Phi) is 6.95. The third-order valence-electron chi connectivity index (χ3n) is 3.84. The number of aromatic amines is 1. The molecular weight excluding hydrogens is 412 g/mol. The summed E-state index contributed by atoms with van der Waals surface area (Å²) in [7, 11) is 0. The molecule has 0 unspecified atom stereocenters. The van der Waals surface area contributed by atoms with E-state index >= 15 is 0 Å². The van der Waals surface area contributed by atoms with E-state index in [9.17, 15) is 19.9 Å². The SMILES string of the molecule is O=C(O)CSc1nnc(-c2cc(C(=O)NCc3ccccn3)cc(N(O)CO)c2)[nH]1. The Hall–Kier alpha value is -3.48. The van der Waals surface area contributed by atoms with Gasteiger partial charge in [0.2, 0.25) is 0 Å². The molecule has 156 valence electrons. The molecule has 5 N–H and O–H groups in total. The molecule has 0 aliphatic carbocycles. The zero-order chi connectivity index (χ0) is 21.5. The quantitative estimate of drug-likeness (QED) is 0.189. The molecule has 3 rings (SSSR count). The lowest BCUT2D eigenvalue weighted by Crippen LogP contribution is -2.24. The molecule has 0 saturated carbocycles. The van der Waals surface area contributed by atoms with E-state index in [1.165, 1.54) is 18.2 Å². The van der Waals surface area contributed by atoms with Gasteiger partial charge in [-0.1, -0.05) is 17.8 Å². The molecule has 0 aliphatic heterocycles. The summed E-state index contributed by atoms with van der Waals surface area (Å²) in [6.07, 6.45) is 1.62. The van der Waals surface area contributed by atoms with Gasteiger partial charge in [0, 0.05) is 17.3 Å². The molecular formula is C18H18N6O5S. The number of aliphatic carboxylic acids is 1. The highest BCUT2D eigenvalue weighted by molar-refractivity contribution is 7.99. The van der Waals surface area contributed by atoms with Gasteiger partial charge in [0.1, 0.15) is 6.73 Å². The topological polar surface area (TPSA) is 165 Å². The van der Waals surface area contributed by atoms with Crippen LogP contribution in [0.15, 0.2) is 47.8 Å². The van der Waals surface area contributed by atoms with Gasteiger partial charge in [-0.2, -0.15) is 0 Å². The van der Waals surface area contributed by atoms with Crippen LogP contribution in [0, 0.1) is 0 Å². The van der Waals surface area contributed by atoms with E-state index in [0.717, 1.165) is 11.8 Å². The number of hydrogen-bond donors (Lipinski definition) is 5. The van der Waals surface area contributed by atoms with Crippen LogP contribution in [0.25, 0.3) is 11.4 Å². The minimum absolute atomic E-state index is 0.161. The maximum atomic E-state index is 12.6. The standard InChI is InChI=1S/C18H18N6O5S/c25-10-24(29)14-6-11(16-21-18(23-22-16)30-9-15(26)27)5-12(7-14)17(28)20-8-13-3-1-2-4-19-13/h1-7,25,29H,8-10H2,(H,20,28)(H,26,27)(H,21,22,23). The summed E-state index contributed by atoms with van der Waals surface area (Å²) >= 11 is 0.961. The number of benzene rings is 1. The number of rotatable bonds is 9. The number of anilines is 1. The number of carbonyl (C=O) groups excluding carboxylic acids is 1. The maximum absolute atomic E-state index is 12.6. The average Bonchev–Trinajstić information content (AvgIpc) is 3.25. The van der Waals surface area contributed by atoms with Crippen LogP contribution < -0.4 is 10.4 Å². The van der Waals surface area contributed by atoms with Crippen LogP contribution in [0.4, 0.5) is 5.69 Å². The van der Waals surface area contributed by atoms with E-state index in [4.69, 9.17) is 5.11 Å². The zero-order valence-corrected chi connectivity index (χ0v) is 16.3.